The summed E-state index contributed by atoms with van der Waals surface area (Å²) in [5, 5.41) is 0.643. The molecule has 0 saturated heterocycles. The lowest BCUT2D eigenvalue weighted by molar-refractivity contribution is 0.914. The van der Waals surface area contributed by atoms with Gasteiger partial charge >= 0.3 is 0 Å². The largest absolute Gasteiger partial charge is 0.324 e. The number of hydrogen-bond acceptors (Lipinski definition) is 2. The van der Waals surface area contributed by atoms with Gasteiger partial charge in [0, 0.05) is 7.05 Å². The predicted molar refractivity (Wildman–Crippen MR) is 54.1 cm³/mol. The average Bonchev–Trinajstić information content (AvgIpc) is 2.32. The third-order valence-corrected chi connectivity index (χ3v) is 2.80. The van der Waals surface area contributed by atoms with E-state index in [4.69, 9.17) is 0 Å². The van der Waals surface area contributed by atoms with Gasteiger partial charge in [-0.25, -0.2) is 4.98 Å². The molecule has 0 unspecified atom stereocenters. The minimum Gasteiger partial charge on any atom is -0.324 e. The zero-order valence-electron chi connectivity index (χ0n) is 6.34. The van der Waals surface area contributed by atoms with E-state index in [9.17, 15) is 4.79 Å². The normalized spacial score (nSPS) is 10.8. The van der Waals surface area contributed by atoms with Crippen LogP contribution in [-0.2, 0) is 7.05 Å². The highest BCUT2D eigenvalue weighted by Crippen LogP contribution is 2.13. The van der Waals surface area contributed by atoms with Crippen LogP contribution in [0.25, 0.3) is 11.0 Å². The molecule has 1 N–H and O–H groups in total. The van der Waals surface area contributed by atoms with E-state index in [2.05, 4.69) is 32.6 Å². The molecule has 0 atom stereocenters. The molecule has 0 aliphatic rings. The van der Waals surface area contributed by atoms with Crippen LogP contribution in [0.2, 0.25) is 0 Å². The number of halogens is 1. The van der Waals surface area contributed by atoms with Crippen LogP contribution in [0.1, 0.15) is 0 Å². The molecule has 0 fully saturated rings. The first-order valence-corrected chi connectivity index (χ1v) is 4.46. The molecule has 2 heterocycles. The van der Waals surface area contributed by atoms with E-state index >= 15 is 0 Å². The lowest BCUT2D eigenvalue weighted by Gasteiger charge is -1.93. The third kappa shape index (κ3) is 0.961. The molecule has 0 radical (unpaired) electrons. The number of aryl methyl sites for hydroxylation is 1. The van der Waals surface area contributed by atoms with E-state index < -0.39 is 0 Å². The minimum absolute atomic E-state index is 0.0847. The summed E-state index contributed by atoms with van der Waals surface area (Å²) >= 11 is 2.16. The Morgan fingerprint density at radius 3 is 3.08 bits per heavy atom. The fraction of sp³-hybridized carbons (Fsp3) is 0.143. The Balaban J connectivity index is 3.05. The first-order chi connectivity index (χ1) is 5.70. The summed E-state index contributed by atoms with van der Waals surface area (Å²) in [6.45, 7) is 0. The van der Waals surface area contributed by atoms with Gasteiger partial charge in [0.2, 0.25) is 0 Å². The van der Waals surface area contributed by atoms with Crippen molar-refractivity contribution < 1.29 is 0 Å². The Bertz CT molecular complexity index is 485. The molecule has 62 valence electrons. The van der Waals surface area contributed by atoms with Crippen LogP contribution >= 0.6 is 22.6 Å². The Morgan fingerprint density at radius 1 is 1.67 bits per heavy atom. The minimum atomic E-state index is -0.0847. The van der Waals surface area contributed by atoms with Crippen LogP contribution in [0.4, 0.5) is 0 Å². The molecule has 0 aliphatic heterocycles. The van der Waals surface area contributed by atoms with Gasteiger partial charge in [-0.3, -0.25) is 4.79 Å². The summed E-state index contributed by atoms with van der Waals surface area (Å²) in [4.78, 5) is 17.8. The number of fused-ring (bicyclic) bond motifs is 1. The molecular weight excluding hydrogens is 269 g/mol. The molecule has 2 aromatic rings. The second-order valence-electron chi connectivity index (χ2n) is 2.50. The van der Waals surface area contributed by atoms with Crippen LogP contribution in [0.5, 0.6) is 0 Å². The van der Waals surface area contributed by atoms with E-state index in [1.165, 1.54) is 6.33 Å². The fourth-order valence-electron chi connectivity index (χ4n) is 1.12. The predicted octanol–water partition coefficient (Wildman–Crippen LogP) is 0.866. The van der Waals surface area contributed by atoms with E-state index in [0.717, 1.165) is 9.35 Å². The Kier molecular flexibility index (Phi) is 1.67. The zero-order valence-corrected chi connectivity index (χ0v) is 8.49. The van der Waals surface area contributed by atoms with Gasteiger partial charge in [0.15, 0.2) is 0 Å². The lowest BCUT2D eigenvalue weighted by atomic mass is 10.4. The number of nitrogens with zero attached hydrogens (tertiary/aromatic N) is 2. The van der Waals surface area contributed by atoms with E-state index in [1.54, 1.807) is 0 Å². The lowest BCUT2D eigenvalue weighted by Crippen LogP contribution is -2.05. The van der Waals surface area contributed by atoms with Gasteiger partial charge in [-0.15, -0.1) is 0 Å². The maximum absolute atomic E-state index is 11.2. The van der Waals surface area contributed by atoms with Crippen molar-refractivity contribution in [3.8, 4) is 0 Å². The van der Waals surface area contributed by atoms with Gasteiger partial charge in [-0.05, 0) is 28.7 Å². The summed E-state index contributed by atoms with van der Waals surface area (Å²) in [6, 6.07) is 1.82. The first kappa shape index (κ1) is 7.78. The Labute approximate surface area is 81.8 Å². The van der Waals surface area contributed by atoms with Crippen LogP contribution in [-0.4, -0.2) is 14.5 Å². The van der Waals surface area contributed by atoms with Crippen molar-refractivity contribution in [2.75, 3.05) is 0 Å². The summed E-state index contributed by atoms with van der Waals surface area (Å²) in [5.41, 5.74) is 0.640. The fourth-order valence-corrected chi connectivity index (χ4v) is 1.66. The second-order valence-corrected chi connectivity index (χ2v) is 3.60. The number of hydrogen-bond donors (Lipinski definition) is 1. The zero-order chi connectivity index (χ0) is 8.72. The maximum Gasteiger partial charge on any atom is 0.260 e. The number of aromatic amines is 1. The highest BCUT2D eigenvalue weighted by atomic mass is 127. The average molecular weight is 275 g/mol. The topological polar surface area (TPSA) is 50.7 Å². The van der Waals surface area contributed by atoms with Crippen molar-refractivity contribution in [3.63, 3.8) is 0 Å². The molecule has 0 aliphatic carbocycles. The van der Waals surface area contributed by atoms with E-state index in [0.29, 0.717) is 5.39 Å². The molecule has 0 saturated carbocycles. The Hall–Kier alpha value is -0.850. The molecule has 4 nitrogen and oxygen atoms in total. The van der Waals surface area contributed by atoms with Gasteiger partial charge in [-0.1, -0.05) is 0 Å². The molecule has 0 amide bonds. The molecular formula is C7H6IN3O. The number of aromatic nitrogens is 3. The molecule has 0 bridgehead atoms. The Morgan fingerprint density at radius 2 is 2.42 bits per heavy atom. The van der Waals surface area contributed by atoms with Crippen LogP contribution in [0.15, 0.2) is 17.2 Å². The van der Waals surface area contributed by atoms with Crippen molar-refractivity contribution in [2.45, 2.75) is 0 Å². The smallest absolute Gasteiger partial charge is 0.260 e. The highest BCUT2D eigenvalue weighted by molar-refractivity contribution is 14.1. The SMILES string of the molecule is Cn1c(I)cc2c(=O)[nH]cnc21. The van der Waals surface area contributed by atoms with Crippen molar-refractivity contribution in [1.82, 2.24) is 14.5 Å². The van der Waals surface area contributed by atoms with Crippen molar-refractivity contribution in [1.29, 1.82) is 0 Å². The van der Waals surface area contributed by atoms with Gasteiger partial charge in [0.1, 0.15) is 5.65 Å². The summed E-state index contributed by atoms with van der Waals surface area (Å²) in [6.07, 6.45) is 1.42. The van der Waals surface area contributed by atoms with E-state index in [1.807, 2.05) is 17.7 Å². The monoisotopic (exact) mass is 275 g/mol. The molecule has 0 aromatic carbocycles. The van der Waals surface area contributed by atoms with Crippen LogP contribution in [0.3, 0.4) is 0 Å². The van der Waals surface area contributed by atoms with Gasteiger partial charge in [0.05, 0.1) is 15.4 Å². The van der Waals surface area contributed by atoms with Crippen molar-refractivity contribution >= 4 is 33.6 Å². The summed E-state index contributed by atoms with van der Waals surface area (Å²) in [5.74, 6) is 0. The third-order valence-electron chi connectivity index (χ3n) is 1.77. The second kappa shape index (κ2) is 2.58. The highest BCUT2D eigenvalue weighted by Gasteiger charge is 2.05. The standard InChI is InChI=1S/C7H6IN3O/c1-11-5(8)2-4-6(11)9-3-10-7(4)12/h2-3H,1H3,(H,9,10,12). The molecule has 12 heavy (non-hydrogen) atoms. The van der Waals surface area contributed by atoms with Crippen molar-refractivity contribution in [3.05, 3.63) is 26.4 Å². The maximum atomic E-state index is 11.2. The van der Waals surface area contributed by atoms with Crippen LogP contribution < -0.4 is 5.56 Å². The molecule has 0 spiro atoms. The molecule has 2 aromatic heterocycles. The number of rotatable bonds is 0. The first-order valence-electron chi connectivity index (χ1n) is 3.39. The van der Waals surface area contributed by atoms with Crippen molar-refractivity contribution in [2.24, 2.45) is 7.05 Å². The summed E-state index contributed by atoms with van der Waals surface area (Å²) < 4.78 is 2.89. The quantitative estimate of drug-likeness (QED) is 0.725. The summed E-state index contributed by atoms with van der Waals surface area (Å²) in [7, 11) is 1.89. The number of nitrogens with one attached hydrogen (secondary N) is 1. The van der Waals surface area contributed by atoms with Crippen LogP contribution in [0, 0.1) is 3.70 Å². The van der Waals surface area contributed by atoms with Gasteiger partial charge in [0.25, 0.3) is 5.56 Å². The van der Waals surface area contributed by atoms with Gasteiger partial charge in [-0.2, -0.15) is 0 Å². The van der Waals surface area contributed by atoms with E-state index in [-0.39, 0.29) is 5.56 Å². The molecule has 5 heteroatoms. The molecule has 2 rings (SSSR count). The van der Waals surface area contributed by atoms with Gasteiger partial charge < -0.3 is 9.55 Å². The number of H-pyrrole nitrogens is 1.